The van der Waals surface area contributed by atoms with Crippen molar-refractivity contribution in [1.29, 1.82) is 0 Å². The van der Waals surface area contributed by atoms with Crippen LogP contribution >= 0.6 is 0 Å². The predicted molar refractivity (Wildman–Crippen MR) is 110 cm³/mol. The van der Waals surface area contributed by atoms with Crippen molar-refractivity contribution >= 4 is 11.8 Å². The van der Waals surface area contributed by atoms with Gasteiger partial charge < -0.3 is 20.1 Å². The molecule has 4 aliphatic rings. The van der Waals surface area contributed by atoms with Crippen molar-refractivity contribution < 1.29 is 19.1 Å². The van der Waals surface area contributed by atoms with E-state index in [-0.39, 0.29) is 17.2 Å². The van der Waals surface area contributed by atoms with E-state index in [4.69, 9.17) is 9.47 Å². The van der Waals surface area contributed by atoms with Crippen LogP contribution in [0.3, 0.4) is 0 Å². The quantitative estimate of drug-likeness (QED) is 0.657. The summed E-state index contributed by atoms with van der Waals surface area (Å²) in [7, 11) is 3.05. The van der Waals surface area contributed by atoms with Crippen LogP contribution in [0.1, 0.15) is 55.3 Å². The zero-order valence-electron chi connectivity index (χ0n) is 17.5. The molecule has 6 nitrogen and oxygen atoms in total. The van der Waals surface area contributed by atoms with Crippen molar-refractivity contribution in [2.75, 3.05) is 27.3 Å². The molecule has 4 bridgehead atoms. The number of nitrogens with one attached hydrogen (secondary N) is 2. The molecule has 1 aromatic carbocycles. The maximum atomic E-state index is 12.6. The average Bonchev–Trinajstić information content (AvgIpc) is 2.68. The van der Waals surface area contributed by atoms with E-state index in [2.05, 4.69) is 10.6 Å². The second-order valence-electron chi connectivity index (χ2n) is 9.24. The first-order valence-electron chi connectivity index (χ1n) is 10.8. The second kappa shape index (κ2) is 8.25. The molecule has 0 unspecified atom stereocenters. The molecular formula is C23H32N2O4. The van der Waals surface area contributed by atoms with E-state index in [1.54, 1.807) is 18.2 Å². The molecule has 5 rings (SSSR count). The number of carbonyl (C=O) groups is 2. The molecule has 6 heteroatoms. The maximum Gasteiger partial charge on any atom is 0.258 e. The van der Waals surface area contributed by atoms with Crippen molar-refractivity contribution in [3.05, 3.63) is 23.8 Å². The SMILES string of the molecule is COc1cccc(OC)c1C(=O)NCCNC(=O)CC12CC3CC(CC(C3)C1)C2. The third kappa shape index (κ3) is 4.21. The lowest BCUT2D eigenvalue weighted by molar-refractivity contribution is -0.129. The normalized spacial score (nSPS) is 29.4. The van der Waals surface area contributed by atoms with Crippen LogP contribution in [0.4, 0.5) is 0 Å². The van der Waals surface area contributed by atoms with Crippen molar-refractivity contribution in [2.45, 2.75) is 44.9 Å². The number of benzene rings is 1. The van der Waals surface area contributed by atoms with Crippen LogP contribution in [0, 0.1) is 23.2 Å². The topological polar surface area (TPSA) is 76.7 Å². The van der Waals surface area contributed by atoms with Crippen LogP contribution in [-0.2, 0) is 4.79 Å². The third-order valence-corrected chi connectivity index (χ3v) is 7.09. The summed E-state index contributed by atoms with van der Waals surface area (Å²) in [6.07, 6.45) is 8.51. The number of hydrogen-bond donors (Lipinski definition) is 2. The predicted octanol–water partition coefficient (Wildman–Crippen LogP) is 3.16. The summed E-state index contributed by atoms with van der Waals surface area (Å²) in [5, 5.41) is 5.86. The summed E-state index contributed by atoms with van der Waals surface area (Å²) in [5.41, 5.74) is 0.615. The van der Waals surface area contributed by atoms with E-state index in [0.717, 1.165) is 17.8 Å². The van der Waals surface area contributed by atoms with Gasteiger partial charge in [0.2, 0.25) is 5.91 Å². The van der Waals surface area contributed by atoms with Crippen LogP contribution in [0.25, 0.3) is 0 Å². The van der Waals surface area contributed by atoms with E-state index < -0.39 is 0 Å². The highest BCUT2D eigenvalue weighted by Gasteiger charge is 2.51. The van der Waals surface area contributed by atoms with Gasteiger partial charge in [-0.05, 0) is 73.8 Å². The highest BCUT2D eigenvalue weighted by atomic mass is 16.5. The van der Waals surface area contributed by atoms with E-state index in [0.29, 0.717) is 36.6 Å². The average molecular weight is 401 g/mol. The Bertz CT molecular complexity index is 719. The Labute approximate surface area is 172 Å². The van der Waals surface area contributed by atoms with Gasteiger partial charge in [-0.1, -0.05) is 6.07 Å². The van der Waals surface area contributed by atoms with Gasteiger partial charge in [-0.3, -0.25) is 9.59 Å². The zero-order valence-corrected chi connectivity index (χ0v) is 17.5. The first-order chi connectivity index (χ1) is 14.0. The number of rotatable bonds is 8. The first kappa shape index (κ1) is 20.0. The minimum absolute atomic E-state index is 0.121. The van der Waals surface area contributed by atoms with Gasteiger partial charge in [0.25, 0.3) is 5.91 Å². The molecule has 1 aromatic rings. The van der Waals surface area contributed by atoms with Crippen LogP contribution in [0.15, 0.2) is 18.2 Å². The second-order valence-corrected chi connectivity index (χ2v) is 9.24. The minimum Gasteiger partial charge on any atom is -0.496 e. The van der Waals surface area contributed by atoms with Crippen molar-refractivity contribution in [2.24, 2.45) is 23.2 Å². The van der Waals surface area contributed by atoms with Crippen LogP contribution < -0.4 is 20.1 Å². The molecule has 158 valence electrons. The van der Waals surface area contributed by atoms with Crippen molar-refractivity contribution in [3.63, 3.8) is 0 Å². The number of amides is 2. The Kier molecular flexibility index (Phi) is 5.70. The van der Waals surface area contributed by atoms with Gasteiger partial charge in [-0.25, -0.2) is 0 Å². The van der Waals surface area contributed by atoms with Gasteiger partial charge in [-0.2, -0.15) is 0 Å². The molecular weight excluding hydrogens is 368 g/mol. The Morgan fingerprint density at radius 2 is 1.45 bits per heavy atom. The molecule has 0 aromatic heterocycles. The van der Waals surface area contributed by atoms with Gasteiger partial charge in [0.15, 0.2) is 0 Å². The minimum atomic E-state index is -0.269. The fourth-order valence-corrected chi connectivity index (χ4v) is 6.45. The molecule has 0 atom stereocenters. The van der Waals surface area contributed by atoms with Crippen LogP contribution in [0.2, 0.25) is 0 Å². The Balaban J connectivity index is 1.25. The number of methoxy groups -OCH3 is 2. The number of hydrogen-bond acceptors (Lipinski definition) is 4. The Hall–Kier alpha value is -2.24. The molecule has 0 aliphatic heterocycles. The summed E-state index contributed by atoms with van der Waals surface area (Å²) in [6, 6.07) is 5.23. The summed E-state index contributed by atoms with van der Waals surface area (Å²) in [5.74, 6) is 3.34. The molecule has 4 fully saturated rings. The van der Waals surface area contributed by atoms with Crippen molar-refractivity contribution in [3.8, 4) is 11.5 Å². The smallest absolute Gasteiger partial charge is 0.258 e. The molecule has 4 saturated carbocycles. The molecule has 4 aliphatic carbocycles. The van der Waals surface area contributed by atoms with Crippen molar-refractivity contribution in [1.82, 2.24) is 10.6 Å². The van der Waals surface area contributed by atoms with E-state index in [1.165, 1.54) is 52.7 Å². The lowest BCUT2D eigenvalue weighted by Crippen LogP contribution is -2.48. The van der Waals surface area contributed by atoms with Gasteiger partial charge >= 0.3 is 0 Å². The summed E-state index contributed by atoms with van der Waals surface area (Å²) >= 11 is 0. The van der Waals surface area contributed by atoms with Crippen LogP contribution in [0.5, 0.6) is 11.5 Å². The Morgan fingerprint density at radius 1 is 0.931 bits per heavy atom. The van der Waals surface area contributed by atoms with E-state index in [1.807, 2.05) is 0 Å². The number of ether oxygens (including phenoxy) is 2. The third-order valence-electron chi connectivity index (χ3n) is 7.09. The summed E-state index contributed by atoms with van der Waals surface area (Å²) in [4.78, 5) is 25.1. The molecule has 0 heterocycles. The standard InChI is InChI=1S/C23H32N2O4/c1-28-18-4-3-5-19(29-2)21(18)22(27)25-7-6-24-20(26)14-23-11-15-8-16(12-23)10-17(9-15)13-23/h3-5,15-17H,6-14H2,1-2H3,(H,24,26)(H,25,27). The maximum absolute atomic E-state index is 12.6. The van der Waals surface area contributed by atoms with E-state index >= 15 is 0 Å². The molecule has 0 radical (unpaired) electrons. The molecule has 0 saturated heterocycles. The highest BCUT2D eigenvalue weighted by Crippen LogP contribution is 2.61. The Morgan fingerprint density at radius 3 is 1.97 bits per heavy atom. The fraction of sp³-hybridized carbons (Fsp3) is 0.652. The molecule has 2 amide bonds. The molecule has 0 spiro atoms. The lowest BCUT2D eigenvalue weighted by Gasteiger charge is -2.56. The molecule has 29 heavy (non-hydrogen) atoms. The lowest BCUT2D eigenvalue weighted by atomic mass is 9.49. The van der Waals surface area contributed by atoms with Gasteiger partial charge in [0.05, 0.1) is 14.2 Å². The van der Waals surface area contributed by atoms with E-state index in [9.17, 15) is 9.59 Å². The fourth-order valence-electron chi connectivity index (χ4n) is 6.45. The van der Waals surface area contributed by atoms with Gasteiger partial charge in [0, 0.05) is 19.5 Å². The van der Waals surface area contributed by atoms with Crippen LogP contribution in [-0.4, -0.2) is 39.1 Å². The first-order valence-corrected chi connectivity index (χ1v) is 10.8. The van der Waals surface area contributed by atoms with Gasteiger partial charge in [-0.15, -0.1) is 0 Å². The zero-order chi connectivity index (χ0) is 20.4. The largest absolute Gasteiger partial charge is 0.496 e. The molecule has 2 N–H and O–H groups in total. The summed E-state index contributed by atoms with van der Waals surface area (Å²) in [6.45, 7) is 0.793. The summed E-state index contributed by atoms with van der Waals surface area (Å²) < 4.78 is 10.6. The van der Waals surface area contributed by atoms with Gasteiger partial charge in [0.1, 0.15) is 17.1 Å². The monoisotopic (exact) mass is 400 g/mol. The highest BCUT2D eigenvalue weighted by molar-refractivity contribution is 5.99. The number of carbonyl (C=O) groups excluding carboxylic acids is 2.